The van der Waals surface area contributed by atoms with Gasteiger partial charge in [-0.2, -0.15) is 0 Å². The lowest BCUT2D eigenvalue weighted by Crippen LogP contribution is -2.18. The van der Waals surface area contributed by atoms with E-state index in [0.717, 1.165) is 5.69 Å². The maximum Gasteiger partial charge on any atom is 0.250 e. The topological polar surface area (TPSA) is 51.2 Å². The summed E-state index contributed by atoms with van der Waals surface area (Å²) in [4.78, 5) is 15.2. The highest BCUT2D eigenvalue weighted by Gasteiger charge is 2.01. The van der Waals surface area contributed by atoms with E-state index in [1.54, 1.807) is 6.20 Å². The van der Waals surface area contributed by atoms with Gasteiger partial charge < -0.3 is 10.1 Å². The Kier molecular flexibility index (Phi) is 4.07. The Balaban J connectivity index is 2.44. The number of aryl methyl sites for hydroxylation is 1. The first-order valence-electron chi connectivity index (χ1n) is 4.52. The second-order valence-corrected chi connectivity index (χ2v) is 2.87. The lowest BCUT2D eigenvalue weighted by molar-refractivity contribution is -0.120. The van der Waals surface area contributed by atoms with Crippen LogP contribution < -0.4 is 5.32 Å². The number of aromatic nitrogens is 1. The quantitative estimate of drug-likeness (QED) is 0.787. The molecule has 0 fully saturated rings. The summed E-state index contributed by atoms with van der Waals surface area (Å²) < 4.78 is 4.96. The molecule has 1 amide bonds. The fourth-order valence-electron chi connectivity index (χ4n) is 0.934. The third kappa shape index (κ3) is 3.53. The molecule has 14 heavy (non-hydrogen) atoms. The van der Waals surface area contributed by atoms with Crippen molar-refractivity contribution in [3.8, 4) is 0 Å². The van der Waals surface area contributed by atoms with Gasteiger partial charge in [0.25, 0.3) is 0 Å². The summed E-state index contributed by atoms with van der Waals surface area (Å²) in [5, 5.41) is 2.68. The van der Waals surface area contributed by atoms with Gasteiger partial charge in [0.15, 0.2) is 0 Å². The van der Waals surface area contributed by atoms with E-state index >= 15 is 0 Å². The van der Waals surface area contributed by atoms with Gasteiger partial charge >= 0.3 is 0 Å². The van der Waals surface area contributed by atoms with Crippen molar-refractivity contribution in [2.75, 3.05) is 18.5 Å². The highest BCUT2D eigenvalue weighted by Crippen LogP contribution is 2.04. The standard InChI is InChI=1S/C10H14N2O2/c1-3-14-7-10(13)12-9-5-4-8(2)11-6-9/h4-6H,3,7H2,1-2H3,(H,12,13). The van der Waals surface area contributed by atoms with E-state index in [1.807, 2.05) is 26.0 Å². The van der Waals surface area contributed by atoms with Gasteiger partial charge in [-0.3, -0.25) is 9.78 Å². The van der Waals surface area contributed by atoms with E-state index in [1.165, 1.54) is 0 Å². The molecular formula is C10H14N2O2. The lowest BCUT2D eigenvalue weighted by atomic mass is 10.3. The molecule has 1 N–H and O–H groups in total. The maximum atomic E-state index is 11.2. The van der Waals surface area contributed by atoms with Gasteiger partial charge in [-0.25, -0.2) is 0 Å². The minimum absolute atomic E-state index is 0.0877. The van der Waals surface area contributed by atoms with Crippen LogP contribution in [0.2, 0.25) is 0 Å². The first kappa shape index (κ1) is 10.7. The first-order valence-corrected chi connectivity index (χ1v) is 4.52. The fourth-order valence-corrected chi connectivity index (χ4v) is 0.934. The van der Waals surface area contributed by atoms with Crippen LogP contribution in [0.15, 0.2) is 18.3 Å². The second-order valence-electron chi connectivity index (χ2n) is 2.87. The summed E-state index contributed by atoms with van der Waals surface area (Å²) in [5.41, 5.74) is 1.62. The third-order valence-corrected chi connectivity index (χ3v) is 1.63. The van der Waals surface area contributed by atoms with Crippen molar-refractivity contribution in [2.45, 2.75) is 13.8 Å². The SMILES string of the molecule is CCOCC(=O)Nc1ccc(C)nc1. The van der Waals surface area contributed by atoms with Crippen LogP contribution in [-0.4, -0.2) is 24.1 Å². The van der Waals surface area contributed by atoms with Crippen molar-refractivity contribution < 1.29 is 9.53 Å². The first-order chi connectivity index (χ1) is 6.72. The molecule has 0 atom stereocenters. The molecule has 0 aliphatic heterocycles. The summed E-state index contributed by atoms with van der Waals surface area (Å²) in [6, 6.07) is 3.66. The molecule has 0 aromatic carbocycles. The van der Waals surface area contributed by atoms with E-state index in [9.17, 15) is 4.79 Å². The highest BCUT2D eigenvalue weighted by atomic mass is 16.5. The average molecular weight is 194 g/mol. The number of anilines is 1. The van der Waals surface area contributed by atoms with Crippen molar-refractivity contribution >= 4 is 11.6 Å². The molecule has 4 nitrogen and oxygen atoms in total. The van der Waals surface area contributed by atoms with Crippen LogP contribution in [0.1, 0.15) is 12.6 Å². The molecular weight excluding hydrogens is 180 g/mol. The lowest BCUT2D eigenvalue weighted by Gasteiger charge is -2.04. The maximum absolute atomic E-state index is 11.2. The molecule has 1 aromatic rings. The van der Waals surface area contributed by atoms with Gasteiger partial charge in [0.05, 0.1) is 11.9 Å². The summed E-state index contributed by atoms with van der Waals surface area (Å²) in [6.07, 6.45) is 1.62. The predicted molar refractivity (Wildman–Crippen MR) is 54.1 cm³/mol. The Morgan fingerprint density at radius 1 is 1.57 bits per heavy atom. The number of hydrogen-bond acceptors (Lipinski definition) is 3. The zero-order valence-electron chi connectivity index (χ0n) is 8.41. The fraction of sp³-hybridized carbons (Fsp3) is 0.400. The Labute approximate surface area is 83.3 Å². The molecule has 0 spiro atoms. The van der Waals surface area contributed by atoms with Gasteiger partial charge in [0.2, 0.25) is 5.91 Å². The second kappa shape index (κ2) is 5.34. The summed E-state index contributed by atoms with van der Waals surface area (Å²) in [6.45, 7) is 4.37. The Bertz CT molecular complexity index is 295. The molecule has 0 aliphatic carbocycles. The van der Waals surface area contributed by atoms with E-state index in [2.05, 4.69) is 10.3 Å². The monoisotopic (exact) mass is 194 g/mol. The van der Waals surface area contributed by atoms with Gasteiger partial charge in [0, 0.05) is 12.3 Å². The number of rotatable bonds is 4. The zero-order chi connectivity index (χ0) is 10.4. The largest absolute Gasteiger partial charge is 0.372 e. The number of nitrogens with one attached hydrogen (secondary N) is 1. The molecule has 0 saturated carbocycles. The summed E-state index contributed by atoms with van der Waals surface area (Å²) >= 11 is 0. The number of amides is 1. The molecule has 0 aliphatic rings. The summed E-state index contributed by atoms with van der Waals surface area (Å²) in [7, 11) is 0. The van der Waals surface area contributed by atoms with Crippen molar-refractivity contribution in [3.05, 3.63) is 24.0 Å². The zero-order valence-corrected chi connectivity index (χ0v) is 8.41. The Hall–Kier alpha value is -1.42. The molecule has 76 valence electrons. The predicted octanol–water partition coefficient (Wildman–Crippen LogP) is 1.37. The number of carbonyl (C=O) groups is 1. The number of pyridine rings is 1. The summed E-state index contributed by atoms with van der Waals surface area (Å²) in [5.74, 6) is -0.155. The highest BCUT2D eigenvalue weighted by molar-refractivity contribution is 5.91. The smallest absolute Gasteiger partial charge is 0.250 e. The number of hydrogen-bond donors (Lipinski definition) is 1. The van der Waals surface area contributed by atoms with E-state index in [-0.39, 0.29) is 12.5 Å². The molecule has 0 bridgehead atoms. The average Bonchev–Trinajstić information content (AvgIpc) is 2.18. The van der Waals surface area contributed by atoms with E-state index < -0.39 is 0 Å². The van der Waals surface area contributed by atoms with Crippen molar-refractivity contribution in [2.24, 2.45) is 0 Å². The van der Waals surface area contributed by atoms with Crippen LogP contribution in [0.3, 0.4) is 0 Å². The van der Waals surface area contributed by atoms with E-state index in [0.29, 0.717) is 12.3 Å². The van der Waals surface area contributed by atoms with Crippen LogP contribution >= 0.6 is 0 Å². The molecule has 1 aromatic heterocycles. The molecule has 1 heterocycles. The molecule has 0 unspecified atom stereocenters. The van der Waals surface area contributed by atoms with E-state index in [4.69, 9.17) is 4.74 Å². The number of nitrogens with zero attached hydrogens (tertiary/aromatic N) is 1. The minimum atomic E-state index is -0.155. The normalized spacial score (nSPS) is 9.86. The molecule has 1 rings (SSSR count). The van der Waals surface area contributed by atoms with Crippen LogP contribution in [0.4, 0.5) is 5.69 Å². The van der Waals surface area contributed by atoms with Gasteiger partial charge in [-0.15, -0.1) is 0 Å². The van der Waals surface area contributed by atoms with Gasteiger partial charge in [-0.05, 0) is 26.0 Å². The van der Waals surface area contributed by atoms with Gasteiger partial charge in [-0.1, -0.05) is 0 Å². The Morgan fingerprint density at radius 3 is 2.93 bits per heavy atom. The Morgan fingerprint density at radius 2 is 2.36 bits per heavy atom. The van der Waals surface area contributed by atoms with Crippen molar-refractivity contribution in [1.29, 1.82) is 0 Å². The van der Waals surface area contributed by atoms with Crippen molar-refractivity contribution in [3.63, 3.8) is 0 Å². The van der Waals surface area contributed by atoms with Crippen LogP contribution in [0.25, 0.3) is 0 Å². The molecule has 0 saturated heterocycles. The van der Waals surface area contributed by atoms with Crippen molar-refractivity contribution in [1.82, 2.24) is 4.98 Å². The minimum Gasteiger partial charge on any atom is -0.372 e. The molecule has 0 radical (unpaired) electrons. The number of ether oxygens (including phenoxy) is 1. The third-order valence-electron chi connectivity index (χ3n) is 1.63. The van der Waals surface area contributed by atoms with Crippen LogP contribution in [0.5, 0.6) is 0 Å². The number of carbonyl (C=O) groups excluding carboxylic acids is 1. The molecule has 4 heteroatoms. The van der Waals surface area contributed by atoms with Gasteiger partial charge in [0.1, 0.15) is 6.61 Å². The van der Waals surface area contributed by atoms with Crippen LogP contribution in [-0.2, 0) is 9.53 Å². The van der Waals surface area contributed by atoms with Crippen LogP contribution in [0, 0.1) is 6.92 Å².